The molecule has 2 N–H and O–H groups in total. The molecule has 6 heteroatoms. The quantitative estimate of drug-likeness (QED) is 0.845. The van der Waals surface area contributed by atoms with E-state index in [1.807, 2.05) is 43.6 Å². The van der Waals surface area contributed by atoms with Crippen molar-refractivity contribution in [3.05, 3.63) is 48.3 Å². The number of ether oxygens (including phenoxy) is 1. The standard InChI is InChI=1S/C17H21N3O3/c1-20-10-13(9-18-20)17(12-7-14(21)8-12)19-16(22)11-23-15-5-3-2-4-6-15/h2-6,9-10,12,14,17,21H,7-8,11H2,1H3,(H,19,22)/t12?,14?,17-/m0/s1. The maximum atomic E-state index is 12.2. The van der Waals surface area contributed by atoms with Crippen LogP contribution < -0.4 is 10.1 Å². The van der Waals surface area contributed by atoms with E-state index in [2.05, 4.69) is 10.4 Å². The number of hydrogen-bond acceptors (Lipinski definition) is 4. The average molecular weight is 315 g/mol. The zero-order valence-corrected chi connectivity index (χ0v) is 13.1. The van der Waals surface area contributed by atoms with Gasteiger partial charge < -0.3 is 15.2 Å². The minimum Gasteiger partial charge on any atom is -0.484 e. The molecule has 1 saturated carbocycles. The summed E-state index contributed by atoms with van der Waals surface area (Å²) in [6.45, 7) is -0.0317. The van der Waals surface area contributed by atoms with Gasteiger partial charge in [0.25, 0.3) is 5.91 Å². The zero-order chi connectivity index (χ0) is 16.2. The Morgan fingerprint density at radius 2 is 2.17 bits per heavy atom. The highest BCUT2D eigenvalue weighted by atomic mass is 16.5. The Bertz CT molecular complexity index is 650. The van der Waals surface area contributed by atoms with Crippen LogP contribution in [-0.2, 0) is 11.8 Å². The molecule has 2 aromatic rings. The maximum Gasteiger partial charge on any atom is 0.258 e. The summed E-state index contributed by atoms with van der Waals surface area (Å²) < 4.78 is 7.19. The van der Waals surface area contributed by atoms with E-state index in [1.54, 1.807) is 10.9 Å². The number of carbonyl (C=O) groups excluding carboxylic acids is 1. The molecule has 0 bridgehead atoms. The summed E-state index contributed by atoms with van der Waals surface area (Å²) >= 11 is 0. The zero-order valence-electron chi connectivity index (χ0n) is 13.1. The minimum atomic E-state index is -0.267. The number of aliphatic hydroxyl groups is 1. The Labute approximate surface area is 135 Å². The summed E-state index contributed by atoms with van der Waals surface area (Å²) in [4.78, 5) is 12.2. The van der Waals surface area contributed by atoms with E-state index in [9.17, 15) is 9.90 Å². The molecule has 0 unspecified atom stereocenters. The summed E-state index contributed by atoms with van der Waals surface area (Å²) in [7, 11) is 1.84. The van der Waals surface area contributed by atoms with Gasteiger partial charge in [0.2, 0.25) is 0 Å². The van der Waals surface area contributed by atoms with Crippen LogP contribution in [0.1, 0.15) is 24.4 Å². The number of carbonyl (C=O) groups is 1. The normalized spacial score (nSPS) is 21.3. The number of aromatic nitrogens is 2. The number of hydrogen-bond donors (Lipinski definition) is 2. The molecule has 1 aliphatic rings. The molecule has 1 aromatic carbocycles. The maximum absolute atomic E-state index is 12.2. The molecule has 1 heterocycles. The highest BCUT2D eigenvalue weighted by Crippen LogP contribution is 2.37. The lowest BCUT2D eigenvalue weighted by atomic mass is 9.75. The number of amides is 1. The molecular formula is C17H21N3O3. The van der Waals surface area contributed by atoms with E-state index in [0.29, 0.717) is 18.6 Å². The number of nitrogens with one attached hydrogen (secondary N) is 1. The van der Waals surface area contributed by atoms with Crippen molar-refractivity contribution in [3.63, 3.8) is 0 Å². The molecule has 122 valence electrons. The molecule has 0 aliphatic heterocycles. The van der Waals surface area contributed by atoms with Gasteiger partial charge in [0.1, 0.15) is 5.75 Å². The van der Waals surface area contributed by atoms with Crippen molar-refractivity contribution in [2.24, 2.45) is 13.0 Å². The molecule has 1 aromatic heterocycles. The van der Waals surface area contributed by atoms with Gasteiger partial charge in [-0.05, 0) is 30.9 Å². The van der Waals surface area contributed by atoms with E-state index >= 15 is 0 Å². The summed E-state index contributed by atoms with van der Waals surface area (Å²) in [5.74, 6) is 0.721. The number of nitrogens with zero attached hydrogens (tertiary/aromatic N) is 2. The summed E-state index contributed by atoms with van der Waals surface area (Å²) in [6, 6.07) is 9.11. The Morgan fingerprint density at radius 3 is 2.78 bits per heavy atom. The van der Waals surface area contributed by atoms with Gasteiger partial charge in [-0.25, -0.2) is 0 Å². The van der Waals surface area contributed by atoms with Gasteiger partial charge in [0, 0.05) is 18.8 Å². The predicted octanol–water partition coefficient (Wildman–Crippen LogP) is 1.43. The first kappa shape index (κ1) is 15.6. The van der Waals surface area contributed by atoms with Gasteiger partial charge >= 0.3 is 0 Å². The Morgan fingerprint density at radius 1 is 1.43 bits per heavy atom. The average Bonchev–Trinajstić information content (AvgIpc) is 2.95. The molecule has 1 amide bonds. The largest absolute Gasteiger partial charge is 0.484 e. The highest BCUT2D eigenvalue weighted by Gasteiger charge is 2.36. The Balaban J connectivity index is 1.60. The first-order valence-electron chi connectivity index (χ1n) is 7.75. The number of aryl methyl sites for hydroxylation is 1. The number of rotatable bonds is 6. The van der Waals surface area contributed by atoms with Crippen LogP contribution in [0.5, 0.6) is 5.75 Å². The third kappa shape index (κ3) is 3.90. The molecule has 0 saturated heterocycles. The van der Waals surface area contributed by atoms with Crippen LogP contribution in [0.15, 0.2) is 42.7 Å². The van der Waals surface area contributed by atoms with E-state index in [4.69, 9.17) is 4.74 Å². The third-order valence-corrected chi connectivity index (χ3v) is 4.13. The lowest BCUT2D eigenvalue weighted by molar-refractivity contribution is -0.125. The second kappa shape index (κ2) is 6.83. The molecule has 6 nitrogen and oxygen atoms in total. The van der Waals surface area contributed by atoms with Crippen LogP contribution in [0.3, 0.4) is 0 Å². The molecule has 0 radical (unpaired) electrons. The lowest BCUT2D eigenvalue weighted by Crippen LogP contribution is -2.42. The lowest BCUT2D eigenvalue weighted by Gasteiger charge is -2.37. The molecule has 23 heavy (non-hydrogen) atoms. The predicted molar refractivity (Wildman–Crippen MR) is 84.8 cm³/mol. The summed E-state index contributed by atoms with van der Waals surface area (Å²) in [5, 5.41) is 16.7. The van der Waals surface area contributed by atoms with Crippen LogP contribution >= 0.6 is 0 Å². The van der Waals surface area contributed by atoms with Gasteiger partial charge in [-0.1, -0.05) is 18.2 Å². The molecule has 1 atom stereocenters. The Hall–Kier alpha value is -2.34. The topological polar surface area (TPSA) is 76.4 Å². The van der Waals surface area contributed by atoms with Gasteiger partial charge in [-0.3, -0.25) is 9.48 Å². The van der Waals surface area contributed by atoms with Crippen molar-refractivity contribution in [2.45, 2.75) is 25.0 Å². The Kier molecular flexibility index (Phi) is 4.62. The van der Waals surface area contributed by atoms with Crippen LogP contribution in [0.4, 0.5) is 0 Å². The first-order chi connectivity index (χ1) is 11.1. The smallest absolute Gasteiger partial charge is 0.258 e. The fourth-order valence-electron chi connectivity index (χ4n) is 2.86. The minimum absolute atomic E-state index is 0.0317. The van der Waals surface area contributed by atoms with Crippen LogP contribution in [0, 0.1) is 5.92 Å². The van der Waals surface area contributed by atoms with Gasteiger partial charge in [0.15, 0.2) is 6.61 Å². The van der Waals surface area contributed by atoms with Gasteiger partial charge in [-0.2, -0.15) is 5.10 Å². The van der Waals surface area contributed by atoms with E-state index in [1.165, 1.54) is 0 Å². The van der Waals surface area contributed by atoms with E-state index in [0.717, 1.165) is 5.56 Å². The van der Waals surface area contributed by atoms with Gasteiger partial charge in [-0.15, -0.1) is 0 Å². The molecular weight excluding hydrogens is 294 g/mol. The highest BCUT2D eigenvalue weighted by molar-refractivity contribution is 5.78. The van der Waals surface area contributed by atoms with E-state index in [-0.39, 0.29) is 30.6 Å². The SMILES string of the molecule is Cn1cc([C@@H](NC(=O)COc2ccccc2)C2CC(O)C2)cn1. The summed E-state index contributed by atoms with van der Waals surface area (Å²) in [5.41, 5.74) is 0.956. The second-order valence-electron chi connectivity index (χ2n) is 5.98. The van der Waals surface area contributed by atoms with Crippen molar-refractivity contribution in [2.75, 3.05) is 6.61 Å². The molecule has 0 spiro atoms. The fourth-order valence-corrected chi connectivity index (χ4v) is 2.86. The number of aliphatic hydroxyl groups excluding tert-OH is 1. The van der Waals surface area contributed by atoms with Crippen molar-refractivity contribution in [3.8, 4) is 5.75 Å². The van der Waals surface area contributed by atoms with Crippen molar-refractivity contribution in [1.29, 1.82) is 0 Å². The van der Waals surface area contributed by atoms with Crippen LogP contribution in [0.25, 0.3) is 0 Å². The van der Waals surface area contributed by atoms with Crippen molar-refractivity contribution < 1.29 is 14.6 Å². The number of para-hydroxylation sites is 1. The molecule has 1 fully saturated rings. The third-order valence-electron chi connectivity index (χ3n) is 4.13. The van der Waals surface area contributed by atoms with Crippen molar-refractivity contribution in [1.82, 2.24) is 15.1 Å². The first-order valence-corrected chi connectivity index (χ1v) is 7.75. The second-order valence-corrected chi connectivity index (χ2v) is 5.98. The van der Waals surface area contributed by atoms with Crippen LogP contribution in [-0.4, -0.2) is 33.5 Å². The van der Waals surface area contributed by atoms with Gasteiger partial charge in [0.05, 0.1) is 18.3 Å². The summed E-state index contributed by atoms with van der Waals surface area (Å²) in [6.07, 6.45) is 4.77. The molecule has 1 aliphatic carbocycles. The van der Waals surface area contributed by atoms with E-state index < -0.39 is 0 Å². The fraction of sp³-hybridized carbons (Fsp3) is 0.412. The number of benzene rings is 1. The van der Waals surface area contributed by atoms with Crippen LogP contribution in [0.2, 0.25) is 0 Å². The van der Waals surface area contributed by atoms with Crippen molar-refractivity contribution >= 4 is 5.91 Å². The monoisotopic (exact) mass is 315 g/mol. The molecule has 3 rings (SSSR count).